The molecule has 0 aromatic carbocycles. The minimum absolute atomic E-state index is 0.0400. The van der Waals surface area contributed by atoms with Crippen molar-refractivity contribution in [2.45, 2.75) is 6.18 Å². The van der Waals surface area contributed by atoms with Gasteiger partial charge in [0.15, 0.2) is 0 Å². The Morgan fingerprint density at radius 1 is 1.37 bits per heavy atom. The van der Waals surface area contributed by atoms with Crippen LogP contribution in [0.3, 0.4) is 0 Å². The zero-order valence-corrected chi connectivity index (χ0v) is 9.10. The SMILES string of the molecule is O=C(O)C(F)(F)F.O=c1cc(O)c2cnccc2[nH]1. The second kappa shape index (κ2) is 5.38. The van der Waals surface area contributed by atoms with Crippen LogP contribution in [0.1, 0.15) is 0 Å². The lowest BCUT2D eigenvalue weighted by Gasteiger charge is -1.97. The highest BCUT2D eigenvalue weighted by atomic mass is 19.4. The first-order chi connectivity index (χ1) is 8.71. The number of nitrogens with zero attached hydrogens (tertiary/aromatic N) is 1. The molecule has 102 valence electrons. The van der Waals surface area contributed by atoms with Crippen LogP contribution in [0.5, 0.6) is 5.75 Å². The van der Waals surface area contributed by atoms with Crippen molar-refractivity contribution in [3.63, 3.8) is 0 Å². The van der Waals surface area contributed by atoms with Crippen molar-refractivity contribution in [3.05, 3.63) is 34.9 Å². The molecule has 0 atom stereocenters. The molecule has 0 saturated heterocycles. The van der Waals surface area contributed by atoms with E-state index in [1.54, 1.807) is 12.3 Å². The van der Waals surface area contributed by atoms with Crippen molar-refractivity contribution in [2.75, 3.05) is 0 Å². The molecule has 0 radical (unpaired) electrons. The van der Waals surface area contributed by atoms with Crippen LogP contribution in [0.25, 0.3) is 10.9 Å². The summed E-state index contributed by atoms with van der Waals surface area (Å²) in [4.78, 5) is 26.2. The van der Waals surface area contributed by atoms with Crippen LogP contribution < -0.4 is 5.56 Å². The smallest absolute Gasteiger partial charge is 0.490 e. The highest BCUT2D eigenvalue weighted by Crippen LogP contribution is 2.18. The summed E-state index contributed by atoms with van der Waals surface area (Å²) in [5, 5.41) is 17.0. The van der Waals surface area contributed by atoms with E-state index in [9.17, 15) is 23.1 Å². The second-order valence-corrected chi connectivity index (χ2v) is 3.24. The Balaban J connectivity index is 0.000000224. The maximum absolute atomic E-state index is 10.9. The van der Waals surface area contributed by atoms with Crippen LogP contribution in [-0.2, 0) is 4.79 Å². The van der Waals surface area contributed by atoms with Crippen molar-refractivity contribution in [3.8, 4) is 5.75 Å². The van der Waals surface area contributed by atoms with Gasteiger partial charge in [-0.05, 0) is 6.07 Å². The summed E-state index contributed by atoms with van der Waals surface area (Å²) in [6, 6.07) is 2.76. The minimum Gasteiger partial charge on any atom is -0.507 e. The zero-order valence-electron chi connectivity index (χ0n) is 9.10. The number of hydrogen-bond donors (Lipinski definition) is 3. The number of hydrogen-bond acceptors (Lipinski definition) is 4. The fraction of sp³-hybridized carbons (Fsp3) is 0.100. The highest BCUT2D eigenvalue weighted by Gasteiger charge is 2.38. The molecule has 0 aliphatic heterocycles. The van der Waals surface area contributed by atoms with Crippen LogP contribution in [-0.4, -0.2) is 32.3 Å². The Labute approximate surface area is 103 Å². The first-order valence-corrected chi connectivity index (χ1v) is 4.68. The van der Waals surface area contributed by atoms with Crippen LogP contribution in [0.15, 0.2) is 29.3 Å². The number of halogens is 3. The van der Waals surface area contributed by atoms with Gasteiger partial charge in [0, 0.05) is 18.5 Å². The number of aromatic amines is 1. The summed E-state index contributed by atoms with van der Waals surface area (Å²) < 4.78 is 31.7. The molecule has 0 bridgehead atoms. The van der Waals surface area contributed by atoms with E-state index in [0.717, 1.165) is 6.07 Å². The quantitative estimate of drug-likeness (QED) is 0.672. The Hall–Kier alpha value is -2.58. The fourth-order valence-electron chi connectivity index (χ4n) is 1.08. The average molecular weight is 276 g/mol. The third kappa shape index (κ3) is 3.98. The van der Waals surface area contributed by atoms with Crippen LogP contribution in [0.2, 0.25) is 0 Å². The Morgan fingerprint density at radius 2 is 1.95 bits per heavy atom. The van der Waals surface area contributed by atoms with Crippen molar-refractivity contribution < 1.29 is 28.2 Å². The molecule has 0 amide bonds. The number of carbonyl (C=O) groups is 1. The summed E-state index contributed by atoms with van der Waals surface area (Å²) in [5.74, 6) is -2.80. The number of H-pyrrole nitrogens is 1. The number of carboxylic acids is 1. The first-order valence-electron chi connectivity index (χ1n) is 4.68. The molecule has 2 aromatic heterocycles. The normalized spacial score (nSPS) is 10.7. The van der Waals surface area contributed by atoms with Crippen molar-refractivity contribution in [1.29, 1.82) is 0 Å². The molecule has 0 spiro atoms. The summed E-state index contributed by atoms with van der Waals surface area (Å²) in [7, 11) is 0. The molecule has 2 rings (SSSR count). The van der Waals surface area contributed by atoms with Crippen LogP contribution in [0.4, 0.5) is 13.2 Å². The van der Waals surface area contributed by atoms with E-state index in [2.05, 4.69) is 9.97 Å². The van der Waals surface area contributed by atoms with E-state index in [1.165, 1.54) is 6.20 Å². The standard InChI is InChI=1S/C8H6N2O2.C2HF3O2/c11-7-3-8(12)10-6-1-2-9-4-5(6)7;3-2(4,5)1(6)7/h1-4H,(H2,10,11,12);(H,6,7). The Bertz CT molecular complexity index is 651. The number of aromatic nitrogens is 2. The molecule has 19 heavy (non-hydrogen) atoms. The van der Waals surface area contributed by atoms with Gasteiger partial charge in [0.25, 0.3) is 5.56 Å². The van der Waals surface area contributed by atoms with Crippen LogP contribution >= 0.6 is 0 Å². The maximum atomic E-state index is 10.9. The van der Waals surface area contributed by atoms with Crippen molar-refractivity contribution in [2.24, 2.45) is 0 Å². The lowest BCUT2D eigenvalue weighted by molar-refractivity contribution is -0.192. The average Bonchev–Trinajstić information content (AvgIpc) is 2.28. The summed E-state index contributed by atoms with van der Waals surface area (Å²) in [6.07, 6.45) is -2.03. The van der Waals surface area contributed by atoms with E-state index in [4.69, 9.17) is 9.90 Å². The van der Waals surface area contributed by atoms with Gasteiger partial charge in [-0.3, -0.25) is 9.78 Å². The van der Waals surface area contributed by atoms with Gasteiger partial charge in [-0.25, -0.2) is 4.79 Å². The van der Waals surface area contributed by atoms with E-state index in [1.807, 2.05) is 0 Å². The third-order valence-electron chi connectivity index (χ3n) is 1.87. The molecular weight excluding hydrogens is 269 g/mol. The first kappa shape index (κ1) is 14.5. The number of carboxylic acid groups (broad SMARTS) is 1. The predicted octanol–water partition coefficient (Wildman–Crippen LogP) is 1.26. The molecule has 9 heteroatoms. The molecule has 0 aliphatic carbocycles. The number of rotatable bonds is 0. The number of pyridine rings is 2. The lowest BCUT2D eigenvalue weighted by Crippen LogP contribution is -2.21. The largest absolute Gasteiger partial charge is 0.507 e. The van der Waals surface area contributed by atoms with Gasteiger partial charge in [-0.1, -0.05) is 0 Å². The number of fused-ring (bicyclic) bond motifs is 1. The summed E-state index contributed by atoms with van der Waals surface area (Å²) >= 11 is 0. The van der Waals surface area contributed by atoms with Crippen LogP contribution in [0, 0.1) is 0 Å². The summed E-state index contributed by atoms with van der Waals surface area (Å²) in [5.41, 5.74) is 0.279. The van der Waals surface area contributed by atoms with Gasteiger partial charge < -0.3 is 15.2 Å². The van der Waals surface area contributed by atoms with Crippen molar-refractivity contribution >= 4 is 16.9 Å². The second-order valence-electron chi connectivity index (χ2n) is 3.24. The van der Waals surface area contributed by atoms with Gasteiger partial charge in [0.1, 0.15) is 5.75 Å². The maximum Gasteiger partial charge on any atom is 0.490 e. The van der Waals surface area contributed by atoms with Gasteiger partial charge in [0.05, 0.1) is 10.9 Å². The van der Waals surface area contributed by atoms with Gasteiger partial charge >= 0.3 is 12.1 Å². The molecular formula is C10H7F3N2O4. The molecule has 0 saturated carbocycles. The molecule has 0 unspecified atom stereocenters. The monoisotopic (exact) mass is 276 g/mol. The molecule has 0 aliphatic rings. The molecule has 2 aromatic rings. The van der Waals surface area contributed by atoms with Gasteiger partial charge in [-0.2, -0.15) is 13.2 Å². The highest BCUT2D eigenvalue weighted by molar-refractivity contribution is 5.83. The zero-order chi connectivity index (χ0) is 14.6. The molecule has 2 heterocycles. The van der Waals surface area contributed by atoms with Gasteiger partial charge in [-0.15, -0.1) is 0 Å². The lowest BCUT2D eigenvalue weighted by atomic mass is 10.2. The number of aliphatic carboxylic acids is 1. The van der Waals surface area contributed by atoms with E-state index in [-0.39, 0.29) is 11.3 Å². The van der Waals surface area contributed by atoms with Gasteiger partial charge in [0.2, 0.25) is 0 Å². The number of aromatic hydroxyl groups is 1. The van der Waals surface area contributed by atoms with E-state index < -0.39 is 12.1 Å². The molecule has 6 nitrogen and oxygen atoms in total. The Kier molecular flexibility index (Phi) is 4.10. The topological polar surface area (TPSA) is 103 Å². The summed E-state index contributed by atoms with van der Waals surface area (Å²) in [6.45, 7) is 0. The van der Waals surface area contributed by atoms with E-state index >= 15 is 0 Å². The fourth-order valence-corrected chi connectivity index (χ4v) is 1.08. The number of nitrogens with one attached hydrogen (secondary N) is 1. The third-order valence-corrected chi connectivity index (χ3v) is 1.87. The van der Waals surface area contributed by atoms with E-state index in [0.29, 0.717) is 10.9 Å². The number of alkyl halides is 3. The Morgan fingerprint density at radius 3 is 2.47 bits per heavy atom. The minimum atomic E-state index is -5.08. The molecule has 0 fully saturated rings. The molecule has 3 N–H and O–H groups in total. The predicted molar refractivity (Wildman–Crippen MR) is 57.7 cm³/mol. The van der Waals surface area contributed by atoms with Crippen molar-refractivity contribution in [1.82, 2.24) is 9.97 Å².